The van der Waals surface area contributed by atoms with E-state index in [2.05, 4.69) is 6.58 Å². The fraction of sp³-hybridized carbons (Fsp3) is 0.360. The summed E-state index contributed by atoms with van der Waals surface area (Å²) in [5, 5.41) is 0. The number of hydrogen-bond acceptors (Lipinski definition) is 7. The summed E-state index contributed by atoms with van der Waals surface area (Å²) in [7, 11) is 3.09. The van der Waals surface area contributed by atoms with Crippen LogP contribution in [0.25, 0.3) is 0 Å². The van der Waals surface area contributed by atoms with Crippen molar-refractivity contribution < 1.29 is 33.3 Å². The van der Waals surface area contributed by atoms with E-state index in [1.54, 1.807) is 56.5 Å². The number of carbonyl (C=O) groups excluding carboxylic acids is 2. The van der Waals surface area contributed by atoms with E-state index in [-0.39, 0.29) is 5.97 Å². The summed E-state index contributed by atoms with van der Waals surface area (Å²) >= 11 is 0. The lowest BCUT2D eigenvalue weighted by molar-refractivity contribution is -0.139. The van der Waals surface area contributed by atoms with Gasteiger partial charge in [-0.3, -0.25) is 0 Å². The van der Waals surface area contributed by atoms with Crippen LogP contribution in [0.15, 0.2) is 54.6 Å². The number of hydrogen-bond donors (Lipinski definition) is 0. The van der Waals surface area contributed by atoms with Crippen LogP contribution in [0.1, 0.15) is 43.0 Å². The molecule has 2 aromatic carbocycles. The molecule has 7 nitrogen and oxygen atoms in total. The quantitative estimate of drug-likeness (QED) is 0.187. The first-order chi connectivity index (χ1) is 15.4. The summed E-state index contributed by atoms with van der Waals surface area (Å²) in [6.45, 7) is 6.08. The van der Waals surface area contributed by atoms with Crippen LogP contribution >= 0.6 is 0 Å². The second kappa shape index (κ2) is 13.0. The zero-order valence-electron chi connectivity index (χ0n) is 18.8. The molecule has 0 saturated heterocycles. The minimum absolute atomic E-state index is 0.350. The molecule has 32 heavy (non-hydrogen) atoms. The molecule has 0 heterocycles. The molecule has 0 bridgehead atoms. The standard InChI is InChI=1S/C25H30O7/c1-18(2)24(26)31-16-8-6-5-7-15-30-22-14-9-19(17-23(22)29-4)25(27)32-21-12-10-20(28-3)11-13-21/h9-14,17H,1,5-8,15-16H2,2-4H3. The lowest BCUT2D eigenvalue weighted by atomic mass is 10.2. The highest BCUT2D eigenvalue weighted by Crippen LogP contribution is 2.29. The zero-order chi connectivity index (χ0) is 23.3. The van der Waals surface area contributed by atoms with Crippen LogP contribution in [0.2, 0.25) is 0 Å². The van der Waals surface area contributed by atoms with Crippen LogP contribution in [0.5, 0.6) is 23.0 Å². The van der Waals surface area contributed by atoms with Gasteiger partial charge in [0.25, 0.3) is 0 Å². The Morgan fingerprint density at radius 2 is 1.47 bits per heavy atom. The van der Waals surface area contributed by atoms with E-state index in [1.807, 2.05) is 0 Å². The zero-order valence-corrected chi connectivity index (χ0v) is 18.8. The van der Waals surface area contributed by atoms with Gasteiger partial charge in [-0.25, -0.2) is 9.59 Å². The minimum atomic E-state index is -0.493. The molecule has 0 aliphatic heterocycles. The van der Waals surface area contributed by atoms with Crippen LogP contribution in [0.3, 0.4) is 0 Å². The van der Waals surface area contributed by atoms with Gasteiger partial charge in [0.05, 0.1) is 33.0 Å². The van der Waals surface area contributed by atoms with E-state index in [0.29, 0.717) is 47.3 Å². The van der Waals surface area contributed by atoms with Crippen molar-refractivity contribution in [2.75, 3.05) is 27.4 Å². The van der Waals surface area contributed by atoms with Crippen molar-refractivity contribution in [3.8, 4) is 23.0 Å². The summed E-state index contributed by atoms with van der Waals surface area (Å²) in [4.78, 5) is 23.7. The highest BCUT2D eigenvalue weighted by Gasteiger charge is 2.13. The molecule has 0 fully saturated rings. The summed E-state index contributed by atoms with van der Waals surface area (Å²) in [6.07, 6.45) is 3.52. The molecule has 0 spiro atoms. The fourth-order valence-electron chi connectivity index (χ4n) is 2.75. The first kappa shape index (κ1) is 24.8. The number of esters is 2. The third-order valence-electron chi connectivity index (χ3n) is 4.55. The van der Waals surface area contributed by atoms with Gasteiger partial charge in [-0.15, -0.1) is 0 Å². The first-order valence-corrected chi connectivity index (χ1v) is 10.4. The van der Waals surface area contributed by atoms with Crippen LogP contribution < -0.4 is 18.9 Å². The molecule has 0 unspecified atom stereocenters. The third-order valence-corrected chi connectivity index (χ3v) is 4.55. The molecule has 0 aliphatic rings. The number of ether oxygens (including phenoxy) is 5. The highest BCUT2D eigenvalue weighted by atomic mass is 16.5. The van der Waals surface area contributed by atoms with Crippen molar-refractivity contribution in [3.63, 3.8) is 0 Å². The average Bonchev–Trinajstić information content (AvgIpc) is 2.80. The van der Waals surface area contributed by atoms with Gasteiger partial charge in [-0.2, -0.15) is 0 Å². The maximum Gasteiger partial charge on any atom is 0.343 e. The summed E-state index contributed by atoms with van der Waals surface area (Å²) in [5.41, 5.74) is 0.765. The normalized spacial score (nSPS) is 10.2. The second-order valence-corrected chi connectivity index (χ2v) is 7.11. The Hall–Kier alpha value is -3.48. The van der Waals surface area contributed by atoms with E-state index in [1.165, 1.54) is 7.11 Å². The van der Waals surface area contributed by atoms with Crippen molar-refractivity contribution >= 4 is 11.9 Å². The number of carbonyl (C=O) groups is 2. The Bertz CT molecular complexity index is 903. The summed E-state index contributed by atoms with van der Waals surface area (Å²) in [6, 6.07) is 11.7. The lowest BCUT2D eigenvalue weighted by Crippen LogP contribution is -2.09. The first-order valence-electron chi connectivity index (χ1n) is 10.4. The molecule has 0 atom stereocenters. The Labute approximate surface area is 188 Å². The maximum atomic E-state index is 12.4. The molecule has 172 valence electrons. The summed E-state index contributed by atoms with van der Waals surface area (Å²) in [5.74, 6) is 1.28. The molecule has 0 saturated carbocycles. The monoisotopic (exact) mass is 442 g/mol. The predicted molar refractivity (Wildman–Crippen MR) is 121 cm³/mol. The Balaban J connectivity index is 1.77. The molecule has 0 aromatic heterocycles. The average molecular weight is 443 g/mol. The van der Waals surface area contributed by atoms with Crippen molar-refractivity contribution in [2.45, 2.75) is 32.6 Å². The van der Waals surface area contributed by atoms with Gasteiger partial charge < -0.3 is 23.7 Å². The van der Waals surface area contributed by atoms with Gasteiger partial charge >= 0.3 is 11.9 Å². The highest BCUT2D eigenvalue weighted by molar-refractivity contribution is 5.91. The lowest BCUT2D eigenvalue weighted by Gasteiger charge is -2.12. The van der Waals surface area contributed by atoms with E-state index in [9.17, 15) is 9.59 Å². The van der Waals surface area contributed by atoms with Crippen molar-refractivity contribution in [1.82, 2.24) is 0 Å². The van der Waals surface area contributed by atoms with E-state index in [4.69, 9.17) is 23.7 Å². The van der Waals surface area contributed by atoms with Gasteiger partial charge in [-0.05, 0) is 75.1 Å². The van der Waals surface area contributed by atoms with Crippen LogP contribution in [-0.4, -0.2) is 39.4 Å². The van der Waals surface area contributed by atoms with Crippen molar-refractivity contribution in [3.05, 3.63) is 60.2 Å². The van der Waals surface area contributed by atoms with Gasteiger partial charge in [0.2, 0.25) is 0 Å². The minimum Gasteiger partial charge on any atom is -0.497 e. The van der Waals surface area contributed by atoms with E-state index >= 15 is 0 Å². The predicted octanol–water partition coefficient (Wildman–Crippen LogP) is 4.98. The molecular formula is C25H30O7. The van der Waals surface area contributed by atoms with Gasteiger partial charge in [0, 0.05) is 5.57 Å². The SMILES string of the molecule is C=C(C)C(=O)OCCCCCCOc1ccc(C(=O)Oc2ccc(OC)cc2)cc1OC. The van der Waals surface area contributed by atoms with Crippen molar-refractivity contribution in [2.24, 2.45) is 0 Å². The largest absolute Gasteiger partial charge is 0.497 e. The topological polar surface area (TPSA) is 80.3 Å². The Kier molecular flexibility index (Phi) is 10.1. The van der Waals surface area contributed by atoms with Crippen LogP contribution in [0.4, 0.5) is 0 Å². The molecule has 0 amide bonds. The maximum absolute atomic E-state index is 12.4. The van der Waals surface area contributed by atoms with Crippen molar-refractivity contribution in [1.29, 1.82) is 0 Å². The number of rotatable bonds is 13. The molecule has 0 radical (unpaired) electrons. The molecule has 7 heteroatoms. The van der Waals surface area contributed by atoms with Gasteiger partial charge in [-0.1, -0.05) is 6.58 Å². The van der Waals surface area contributed by atoms with E-state index in [0.717, 1.165) is 25.7 Å². The summed E-state index contributed by atoms with van der Waals surface area (Å²) < 4.78 is 26.7. The Morgan fingerprint density at radius 1 is 0.812 bits per heavy atom. The third kappa shape index (κ3) is 7.98. The number of benzene rings is 2. The van der Waals surface area contributed by atoms with Gasteiger partial charge in [0.15, 0.2) is 11.5 Å². The smallest absolute Gasteiger partial charge is 0.343 e. The van der Waals surface area contributed by atoms with E-state index < -0.39 is 5.97 Å². The Morgan fingerprint density at radius 3 is 2.09 bits per heavy atom. The van der Waals surface area contributed by atoms with Crippen LogP contribution in [0, 0.1) is 0 Å². The molecular weight excluding hydrogens is 412 g/mol. The molecule has 0 aliphatic carbocycles. The number of methoxy groups -OCH3 is 2. The second-order valence-electron chi connectivity index (χ2n) is 7.11. The van der Waals surface area contributed by atoms with Crippen LogP contribution in [-0.2, 0) is 9.53 Å². The number of unbranched alkanes of at least 4 members (excludes halogenated alkanes) is 3. The molecule has 2 rings (SSSR count). The van der Waals surface area contributed by atoms with Gasteiger partial charge in [0.1, 0.15) is 11.5 Å². The molecule has 0 N–H and O–H groups in total. The fourth-order valence-corrected chi connectivity index (χ4v) is 2.75. The molecule has 2 aromatic rings.